The van der Waals surface area contributed by atoms with Crippen molar-refractivity contribution in [3.05, 3.63) is 59.8 Å². The highest BCUT2D eigenvalue weighted by molar-refractivity contribution is 5.33. The van der Waals surface area contributed by atoms with Gasteiger partial charge in [-0.1, -0.05) is 18.2 Å². The Morgan fingerprint density at radius 1 is 1.26 bits per heavy atom. The van der Waals surface area contributed by atoms with E-state index in [-0.39, 0.29) is 11.7 Å². The van der Waals surface area contributed by atoms with Crippen LogP contribution in [0.3, 0.4) is 0 Å². The first kappa shape index (κ1) is 18.0. The Bertz CT molecular complexity index is 820. The third-order valence-corrected chi connectivity index (χ3v) is 6.02. The highest BCUT2D eigenvalue weighted by Crippen LogP contribution is 2.43. The molecule has 140 valence electrons. The van der Waals surface area contributed by atoms with Crippen LogP contribution in [0.4, 0.5) is 0 Å². The molecule has 0 unspecified atom stereocenters. The lowest BCUT2D eigenvalue weighted by molar-refractivity contribution is -0.0843. The zero-order valence-corrected chi connectivity index (χ0v) is 15.7. The van der Waals surface area contributed by atoms with Gasteiger partial charge in [-0.05, 0) is 43.0 Å². The summed E-state index contributed by atoms with van der Waals surface area (Å²) in [4.78, 5) is 6.80. The summed E-state index contributed by atoms with van der Waals surface area (Å²) in [5.74, 6) is 0.693. The highest BCUT2D eigenvalue weighted by Gasteiger charge is 2.51. The minimum atomic E-state index is -0.0865. The van der Waals surface area contributed by atoms with E-state index in [1.807, 2.05) is 43.5 Å². The monoisotopic (exact) mass is 363 g/mol. The first-order chi connectivity index (χ1) is 13.2. The van der Waals surface area contributed by atoms with Crippen LogP contribution in [0.2, 0.25) is 0 Å². The molecule has 5 nitrogen and oxygen atoms in total. The van der Waals surface area contributed by atoms with E-state index >= 15 is 0 Å². The molecule has 3 atom stereocenters. The Morgan fingerprint density at radius 2 is 2.19 bits per heavy atom. The number of hydrogen-bond acceptors (Lipinski definition) is 5. The molecule has 1 saturated heterocycles. The van der Waals surface area contributed by atoms with Crippen molar-refractivity contribution in [2.24, 2.45) is 0 Å². The number of rotatable bonds is 5. The lowest BCUT2D eigenvalue weighted by atomic mass is 9.79. The van der Waals surface area contributed by atoms with Crippen molar-refractivity contribution in [3.63, 3.8) is 0 Å². The van der Waals surface area contributed by atoms with Crippen molar-refractivity contribution in [2.75, 3.05) is 13.7 Å². The molecular weight excluding hydrogens is 338 g/mol. The summed E-state index contributed by atoms with van der Waals surface area (Å²) in [5.41, 5.74) is 1.80. The first-order valence-electron chi connectivity index (χ1n) is 9.58. The molecule has 1 saturated carbocycles. The van der Waals surface area contributed by atoms with Gasteiger partial charge in [0, 0.05) is 44.9 Å². The van der Waals surface area contributed by atoms with Crippen LogP contribution in [0, 0.1) is 11.3 Å². The number of aromatic nitrogens is 1. The molecule has 1 aromatic carbocycles. The van der Waals surface area contributed by atoms with E-state index < -0.39 is 0 Å². The van der Waals surface area contributed by atoms with Crippen molar-refractivity contribution < 1.29 is 9.47 Å². The predicted molar refractivity (Wildman–Crippen MR) is 102 cm³/mol. The molecule has 0 bridgehead atoms. The maximum Gasteiger partial charge on any atom is 0.213 e. The van der Waals surface area contributed by atoms with Gasteiger partial charge < -0.3 is 9.47 Å². The molecule has 2 aliphatic rings. The van der Waals surface area contributed by atoms with Gasteiger partial charge in [0.15, 0.2) is 0 Å². The third kappa shape index (κ3) is 3.69. The van der Waals surface area contributed by atoms with Gasteiger partial charge in [-0.25, -0.2) is 4.98 Å². The maximum absolute atomic E-state index is 9.16. The van der Waals surface area contributed by atoms with Crippen molar-refractivity contribution >= 4 is 0 Å². The summed E-state index contributed by atoms with van der Waals surface area (Å²) in [5, 5.41) is 9.16. The summed E-state index contributed by atoms with van der Waals surface area (Å²) in [7, 11) is 1.84. The molecule has 0 amide bonds. The van der Waals surface area contributed by atoms with Crippen LogP contribution in [0.15, 0.2) is 48.7 Å². The predicted octanol–water partition coefficient (Wildman–Crippen LogP) is 3.54. The van der Waals surface area contributed by atoms with Crippen LogP contribution in [0.5, 0.6) is 5.88 Å². The van der Waals surface area contributed by atoms with Crippen LogP contribution in [0.1, 0.15) is 36.8 Å². The van der Waals surface area contributed by atoms with Gasteiger partial charge in [0.05, 0.1) is 17.2 Å². The largest absolute Gasteiger partial charge is 0.474 e. The number of fused-ring (bicyclic) bond motifs is 1. The van der Waals surface area contributed by atoms with Crippen LogP contribution < -0.4 is 4.74 Å². The SMILES string of the molecule is CO[C@@]12CC[C@@H](Oc3ccccn3)C[C@@H]1N(Cc1cccc(C#N)c1)CC2. The van der Waals surface area contributed by atoms with E-state index in [0.29, 0.717) is 17.5 Å². The third-order valence-electron chi connectivity index (χ3n) is 6.02. The summed E-state index contributed by atoms with van der Waals surface area (Å²) in [6.45, 7) is 1.84. The normalized spacial score (nSPS) is 27.7. The second-order valence-electron chi connectivity index (χ2n) is 7.50. The topological polar surface area (TPSA) is 58.4 Å². The van der Waals surface area contributed by atoms with Gasteiger partial charge in [-0.15, -0.1) is 0 Å². The van der Waals surface area contributed by atoms with Crippen LogP contribution >= 0.6 is 0 Å². The van der Waals surface area contributed by atoms with Crippen LogP contribution in [-0.2, 0) is 11.3 Å². The van der Waals surface area contributed by atoms with Crippen molar-refractivity contribution in [1.29, 1.82) is 5.26 Å². The van der Waals surface area contributed by atoms with E-state index in [1.54, 1.807) is 6.20 Å². The molecule has 2 heterocycles. The molecule has 5 heteroatoms. The van der Waals surface area contributed by atoms with Gasteiger partial charge >= 0.3 is 0 Å². The first-order valence-corrected chi connectivity index (χ1v) is 9.58. The van der Waals surface area contributed by atoms with Gasteiger partial charge in [0.25, 0.3) is 0 Å². The Hall–Kier alpha value is -2.42. The number of hydrogen-bond donors (Lipinski definition) is 0. The average molecular weight is 363 g/mol. The number of nitriles is 1. The molecule has 0 spiro atoms. The average Bonchev–Trinajstić information content (AvgIpc) is 3.07. The molecule has 1 aliphatic heterocycles. The zero-order valence-electron chi connectivity index (χ0n) is 15.7. The molecule has 2 fully saturated rings. The lowest BCUT2D eigenvalue weighted by Crippen LogP contribution is -2.52. The van der Waals surface area contributed by atoms with Gasteiger partial charge in [-0.2, -0.15) is 5.26 Å². The van der Waals surface area contributed by atoms with E-state index in [0.717, 1.165) is 38.8 Å². The van der Waals surface area contributed by atoms with Crippen LogP contribution in [-0.4, -0.2) is 41.3 Å². The number of methoxy groups -OCH3 is 1. The Labute approximate surface area is 160 Å². The minimum Gasteiger partial charge on any atom is -0.474 e. The van der Waals surface area contributed by atoms with Crippen molar-refractivity contribution in [2.45, 2.75) is 50.0 Å². The molecule has 4 rings (SSSR count). The number of nitrogens with zero attached hydrogens (tertiary/aromatic N) is 3. The Morgan fingerprint density at radius 3 is 2.96 bits per heavy atom. The number of pyridine rings is 1. The fraction of sp³-hybridized carbons (Fsp3) is 0.455. The fourth-order valence-corrected chi connectivity index (χ4v) is 4.61. The molecule has 1 aliphatic carbocycles. The van der Waals surface area contributed by atoms with E-state index in [1.165, 1.54) is 5.56 Å². The summed E-state index contributed by atoms with van der Waals surface area (Å²) < 4.78 is 12.2. The zero-order chi connectivity index (χ0) is 18.7. The summed E-state index contributed by atoms with van der Waals surface area (Å²) >= 11 is 0. The van der Waals surface area contributed by atoms with E-state index in [2.05, 4.69) is 22.0 Å². The van der Waals surface area contributed by atoms with E-state index in [9.17, 15) is 0 Å². The van der Waals surface area contributed by atoms with Gasteiger partial charge in [-0.3, -0.25) is 4.90 Å². The lowest BCUT2D eigenvalue weighted by Gasteiger charge is -2.43. The smallest absolute Gasteiger partial charge is 0.213 e. The highest BCUT2D eigenvalue weighted by atomic mass is 16.5. The Kier molecular flexibility index (Phi) is 5.11. The van der Waals surface area contributed by atoms with Crippen molar-refractivity contribution in [1.82, 2.24) is 9.88 Å². The molecule has 1 aromatic heterocycles. The number of benzene rings is 1. The molecule has 0 N–H and O–H groups in total. The molecular formula is C22H25N3O2. The summed E-state index contributed by atoms with van der Waals surface area (Å²) in [6.07, 6.45) is 5.88. The second kappa shape index (κ2) is 7.67. The molecule has 27 heavy (non-hydrogen) atoms. The van der Waals surface area contributed by atoms with Gasteiger partial charge in [0.2, 0.25) is 5.88 Å². The molecule has 2 aromatic rings. The second-order valence-corrected chi connectivity index (χ2v) is 7.50. The van der Waals surface area contributed by atoms with Crippen molar-refractivity contribution in [3.8, 4) is 11.9 Å². The summed E-state index contributed by atoms with van der Waals surface area (Å²) in [6, 6.07) is 16.2. The number of ether oxygens (including phenoxy) is 2. The number of likely N-dealkylation sites (tertiary alicyclic amines) is 1. The fourth-order valence-electron chi connectivity index (χ4n) is 4.61. The standard InChI is InChI=1S/C22H25N3O2/c1-26-22-9-8-19(27-21-7-2-3-11-24-21)14-20(22)25(12-10-22)16-18-6-4-5-17(13-18)15-23/h2-7,11,13,19-20H,8-10,12,14,16H2,1H3/t19-,20+,22-/m1/s1. The van der Waals surface area contributed by atoms with E-state index in [4.69, 9.17) is 14.7 Å². The maximum atomic E-state index is 9.16. The quantitative estimate of drug-likeness (QED) is 0.813. The molecule has 0 radical (unpaired) electrons. The minimum absolute atomic E-state index is 0.0865. The van der Waals surface area contributed by atoms with Crippen LogP contribution in [0.25, 0.3) is 0 Å². The van der Waals surface area contributed by atoms with Gasteiger partial charge in [0.1, 0.15) is 6.10 Å². The Balaban J connectivity index is 1.49.